The molecular weight excluding hydrogens is 328 g/mol. The van der Waals surface area contributed by atoms with Crippen molar-refractivity contribution in [2.24, 2.45) is 0 Å². The van der Waals surface area contributed by atoms with Gasteiger partial charge in [0.15, 0.2) is 5.82 Å². The predicted octanol–water partition coefficient (Wildman–Crippen LogP) is 3.66. The number of nitrogens with zero attached hydrogens (tertiary/aromatic N) is 2. The third kappa shape index (κ3) is 4.33. The summed E-state index contributed by atoms with van der Waals surface area (Å²) in [6.45, 7) is 5.17. The smallest absolute Gasteiger partial charge is 0.152 e. The molecule has 0 bridgehead atoms. The summed E-state index contributed by atoms with van der Waals surface area (Å²) in [7, 11) is 1.67. The maximum atomic E-state index is 6.02. The van der Waals surface area contributed by atoms with Gasteiger partial charge in [0.05, 0.1) is 7.11 Å². The molecule has 0 unspecified atom stereocenters. The molecule has 2 N–H and O–H groups in total. The minimum atomic E-state index is 0.463. The number of aromatic nitrogens is 3. The molecule has 0 atom stereocenters. The lowest BCUT2D eigenvalue weighted by atomic mass is 10.1. The van der Waals surface area contributed by atoms with Crippen LogP contribution in [0.1, 0.15) is 22.8 Å². The Kier molecular flexibility index (Phi) is 5.73. The Hall–Kier alpha value is -3.02. The predicted molar refractivity (Wildman–Crippen MR) is 102 cm³/mol. The van der Waals surface area contributed by atoms with Crippen molar-refractivity contribution in [3.63, 3.8) is 0 Å². The van der Waals surface area contributed by atoms with Crippen molar-refractivity contribution in [1.82, 2.24) is 15.2 Å². The first-order valence-corrected chi connectivity index (χ1v) is 8.63. The van der Waals surface area contributed by atoms with Crippen molar-refractivity contribution in [3.05, 3.63) is 65.2 Å². The Morgan fingerprint density at radius 1 is 1.04 bits per heavy atom. The molecule has 3 aromatic rings. The van der Waals surface area contributed by atoms with E-state index >= 15 is 0 Å². The first-order valence-electron chi connectivity index (χ1n) is 8.63. The van der Waals surface area contributed by atoms with Gasteiger partial charge in [0, 0.05) is 29.8 Å². The SMILES string of the molecule is COc1ccccc1COc1cccc(NCCc2n[nH]c(C)n2)c1C. The molecule has 0 radical (unpaired) electrons. The van der Waals surface area contributed by atoms with Crippen LogP contribution in [0.5, 0.6) is 11.5 Å². The fraction of sp³-hybridized carbons (Fsp3) is 0.300. The third-order valence-corrected chi connectivity index (χ3v) is 4.17. The number of aromatic amines is 1. The molecule has 0 fully saturated rings. The summed E-state index contributed by atoms with van der Waals surface area (Å²) in [6.07, 6.45) is 0.760. The van der Waals surface area contributed by atoms with E-state index < -0.39 is 0 Å². The highest BCUT2D eigenvalue weighted by molar-refractivity contribution is 5.56. The molecule has 0 aliphatic carbocycles. The number of benzene rings is 2. The molecule has 2 aromatic carbocycles. The minimum absolute atomic E-state index is 0.463. The van der Waals surface area contributed by atoms with Gasteiger partial charge in [0.2, 0.25) is 0 Å². The molecule has 6 nitrogen and oxygen atoms in total. The average Bonchev–Trinajstić information content (AvgIpc) is 3.07. The Balaban J connectivity index is 1.61. The Bertz CT molecular complexity index is 861. The molecule has 0 amide bonds. The molecular formula is C20H24N4O2. The number of methoxy groups -OCH3 is 1. The number of ether oxygens (including phenoxy) is 2. The number of rotatable bonds is 8. The Morgan fingerprint density at radius 2 is 1.85 bits per heavy atom. The van der Waals surface area contributed by atoms with Crippen molar-refractivity contribution in [2.75, 3.05) is 19.0 Å². The van der Waals surface area contributed by atoms with Gasteiger partial charge in [-0.15, -0.1) is 0 Å². The highest BCUT2D eigenvalue weighted by Crippen LogP contribution is 2.27. The van der Waals surface area contributed by atoms with Gasteiger partial charge in [0.25, 0.3) is 0 Å². The van der Waals surface area contributed by atoms with Crippen molar-refractivity contribution < 1.29 is 9.47 Å². The van der Waals surface area contributed by atoms with Crippen LogP contribution in [0.3, 0.4) is 0 Å². The second-order valence-electron chi connectivity index (χ2n) is 6.04. The summed E-state index contributed by atoms with van der Waals surface area (Å²) >= 11 is 0. The van der Waals surface area contributed by atoms with E-state index in [0.717, 1.165) is 52.9 Å². The molecule has 0 aliphatic rings. The molecule has 1 heterocycles. The number of anilines is 1. The normalized spacial score (nSPS) is 10.6. The van der Waals surface area contributed by atoms with Crippen LogP contribution < -0.4 is 14.8 Å². The number of hydrogen-bond acceptors (Lipinski definition) is 5. The van der Waals surface area contributed by atoms with Gasteiger partial charge < -0.3 is 14.8 Å². The van der Waals surface area contributed by atoms with Gasteiger partial charge in [-0.05, 0) is 32.0 Å². The van der Waals surface area contributed by atoms with Crippen LogP contribution in [0.25, 0.3) is 0 Å². The summed E-state index contributed by atoms with van der Waals surface area (Å²) in [5, 5.41) is 10.4. The second kappa shape index (κ2) is 8.38. The maximum absolute atomic E-state index is 6.02. The highest BCUT2D eigenvalue weighted by Gasteiger charge is 2.08. The third-order valence-electron chi connectivity index (χ3n) is 4.17. The lowest BCUT2D eigenvalue weighted by Crippen LogP contribution is -2.08. The van der Waals surface area contributed by atoms with Crippen LogP contribution in [-0.4, -0.2) is 28.8 Å². The second-order valence-corrected chi connectivity index (χ2v) is 6.04. The Labute approximate surface area is 153 Å². The van der Waals surface area contributed by atoms with E-state index in [1.807, 2.05) is 43.3 Å². The number of aryl methyl sites for hydroxylation is 1. The molecule has 6 heteroatoms. The molecule has 0 saturated heterocycles. The average molecular weight is 352 g/mol. The van der Waals surface area contributed by atoms with Gasteiger partial charge >= 0.3 is 0 Å². The largest absolute Gasteiger partial charge is 0.496 e. The number of para-hydroxylation sites is 1. The fourth-order valence-electron chi connectivity index (χ4n) is 2.75. The van der Waals surface area contributed by atoms with Gasteiger partial charge in [-0.3, -0.25) is 5.10 Å². The van der Waals surface area contributed by atoms with Crippen LogP contribution in [0, 0.1) is 13.8 Å². The van der Waals surface area contributed by atoms with Crippen molar-refractivity contribution >= 4 is 5.69 Å². The molecule has 136 valence electrons. The van der Waals surface area contributed by atoms with E-state index in [1.54, 1.807) is 7.11 Å². The first-order chi connectivity index (χ1) is 12.7. The van der Waals surface area contributed by atoms with Crippen LogP contribution in [-0.2, 0) is 13.0 Å². The fourth-order valence-corrected chi connectivity index (χ4v) is 2.75. The van der Waals surface area contributed by atoms with Crippen LogP contribution in [0.15, 0.2) is 42.5 Å². The Morgan fingerprint density at radius 3 is 2.62 bits per heavy atom. The molecule has 0 aliphatic heterocycles. The summed E-state index contributed by atoms with van der Waals surface area (Å²) in [5.74, 6) is 3.34. The lowest BCUT2D eigenvalue weighted by molar-refractivity contribution is 0.295. The van der Waals surface area contributed by atoms with E-state index in [2.05, 4.69) is 33.5 Å². The van der Waals surface area contributed by atoms with Gasteiger partial charge in [-0.25, -0.2) is 4.98 Å². The summed E-state index contributed by atoms with van der Waals surface area (Å²) in [4.78, 5) is 4.32. The van der Waals surface area contributed by atoms with Gasteiger partial charge in [-0.2, -0.15) is 5.10 Å². The highest BCUT2D eigenvalue weighted by atomic mass is 16.5. The molecule has 1 aromatic heterocycles. The standard InChI is InChI=1S/C20H24N4O2/c1-14-17(21-12-11-20-22-15(2)23-24-20)8-6-10-18(14)26-13-16-7-4-5-9-19(16)25-3/h4-10,21H,11-13H2,1-3H3,(H,22,23,24). The van der Waals surface area contributed by atoms with Gasteiger partial charge in [0.1, 0.15) is 23.9 Å². The van der Waals surface area contributed by atoms with Crippen molar-refractivity contribution in [3.8, 4) is 11.5 Å². The van der Waals surface area contributed by atoms with E-state index in [1.165, 1.54) is 0 Å². The number of nitrogens with one attached hydrogen (secondary N) is 2. The van der Waals surface area contributed by atoms with Crippen LogP contribution in [0.2, 0.25) is 0 Å². The minimum Gasteiger partial charge on any atom is -0.496 e. The summed E-state index contributed by atoms with van der Waals surface area (Å²) < 4.78 is 11.4. The maximum Gasteiger partial charge on any atom is 0.152 e. The lowest BCUT2D eigenvalue weighted by Gasteiger charge is -2.15. The van der Waals surface area contributed by atoms with E-state index in [0.29, 0.717) is 6.61 Å². The van der Waals surface area contributed by atoms with E-state index in [9.17, 15) is 0 Å². The number of H-pyrrole nitrogens is 1. The quantitative estimate of drug-likeness (QED) is 0.647. The first kappa shape index (κ1) is 17.8. The molecule has 3 rings (SSSR count). The zero-order valence-corrected chi connectivity index (χ0v) is 15.4. The topological polar surface area (TPSA) is 72.1 Å². The zero-order chi connectivity index (χ0) is 18.4. The number of hydrogen-bond donors (Lipinski definition) is 2. The summed E-state index contributed by atoms with van der Waals surface area (Å²) in [6, 6.07) is 13.9. The van der Waals surface area contributed by atoms with Crippen molar-refractivity contribution in [2.45, 2.75) is 26.9 Å². The van der Waals surface area contributed by atoms with Gasteiger partial charge in [-0.1, -0.05) is 24.3 Å². The van der Waals surface area contributed by atoms with Crippen LogP contribution >= 0.6 is 0 Å². The van der Waals surface area contributed by atoms with E-state index in [-0.39, 0.29) is 0 Å². The van der Waals surface area contributed by atoms with Crippen molar-refractivity contribution in [1.29, 1.82) is 0 Å². The molecule has 26 heavy (non-hydrogen) atoms. The monoisotopic (exact) mass is 352 g/mol. The van der Waals surface area contributed by atoms with E-state index in [4.69, 9.17) is 9.47 Å². The molecule has 0 saturated carbocycles. The summed E-state index contributed by atoms with van der Waals surface area (Å²) in [5.41, 5.74) is 3.15. The van der Waals surface area contributed by atoms with Crippen LogP contribution in [0.4, 0.5) is 5.69 Å². The molecule has 0 spiro atoms. The zero-order valence-electron chi connectivity index (χ0n) is 15.4.